The van der Waals surface area contributed by atoms with Gasteiger partial charge in [0.1, 0.15) is 5.82 Å². The van der Waals surface area contributed by atoms with E-state index < -0.39 is 5.97 Å². The van der Waals surface area contributed by atoms with E-state index in [2.05, 4.69) is 43.3 Å². The molecule has 4 atom stereocenters. The van der Waals surface area contributed by atoms with Crippen molar-refractivity contribution in [2.45, 2.75) is 44.6 Å². The Bertz CT molecular complexity index is 983. The van der Waals surface area contributed by atoms with Crippen molar-refractivity contribution >= 4 is 27.8 Å². The number of carboxylic acid groups (broad SMARTS) is 1. The number of carbonyl (C=O) groups excluding carboxylic acids is 1. The molecule has 2 aromatic rings. The highest BCUT2D eigenvalue weighted by molar-refractivity contribution is 9.10. The summed E-state index contributed by atoms with van der Waals surface area (Å²) in [5.41, 5.74) is 3.10. The van der Waals surface area contributed by atoms with Crippen LogP contribution in [0.5, 0.6) is 0 Å². The fourth-order valence-electron chi connectivity index (χ4n) is 4.81. The first-order chi connectivity index (χ1) is 14.9. The van der Waals surface area contributed by atoms with Crippen LogP contribution in [0, 0.1) is 12.8 Å². The maximum Gasteiger partial charge on any atom is 0.303 e. The van der Waals surface area contributed by atoms with Gasteiger partial charge in [-0.1, -0.05) is 34.1 Å². The van der Waals surface area contributed by atoms with E-state index in [1.807, 2.05) is 25.1 Å². The largest absolute Gasteiger partial charge is 0.481 e. The summed E-state index contributed by atoms with van der Waals surface area (Å²) in [6.45, 7) is 4.47. The van der Waals surface area contributed by atoms with Crippen LogP contribution in [0.2, 0.25) is 0 Å². The van der Waals surface area contributed by atoms with E-state index in [0.717, 1.165) is 53.2 Å². The smallest absolute Gasteiger partial charge is 0.303 e. The molecular formula is C23H27BrN4O3. The summed E-state index contributed by atoms with van der Waals surface area (Å²) >= 11 is 3.63. The van der Waals surface area contributed by atoms with Crippen molar-refractivity contribution in [3.63, 3.8) is 0 Å². The van der Waals surface area contributed by atoms with E-state index in [0.29, 0.717) is 24.4 Å². The van der Waals surface area contributed by atoms with Gasteiger partial charge in [0, 0.05) is 47.2 Å². The number of aryl methyl sites for hydroxylation is 1. The van der Waals surface area contributed by atoms with Gasteiger partial charge < -0.3 is 10.4 Å². The summed E-state index contributed by atoms with van der Waals surface area (Å²) in [6.07, 6.45) is 2.04. The number of rotatable bonds is 7. The van der Waals surface area contributed by atoms with E-state index in [1.54, 1.807) is 0 Å². The summed E-state index contributed by atoms with van der Waals surface area (Å²) in [7, 11) is 0. The molecule has 0 spiro atoms. The molecule has 3 saturated heterocycles. The molecule has 8 heteroatoms. The standard InChI is InChI=1S/C23H27BrN4O3/c1-14-26-20(17-4-2-3-5-19(17)24)11-21(27-14)18-13-28-9-8-15(18)10-16(28)12-25-22(29)6-7-23(30)31/h2-5,11,15-16,18H,6-10,12-13H2,1H3,(H,25,29)(H,30,31)/t15-,16+,18+/m0/s1. The molecule has 1 unspecified atom stereocenters. The third kappa shape index (κ3) is 5.13. The van der Waals surface area contributed by atoms with E-state index in [9.17, 15) is 9.59 Å². The Morgan fingerprint density at radius 2 is 2.06 bits per heavy atom. The number of aliphatic carboxylic acids is 1. The normalized spacial score (nSPS) is 24.7. The number of piperidine rings is 3. The Kier molecular flexibility index (Phi) is 6.67. The first kappa shape index (κ1) is 21.9. The maximum atomic E-state index is 11.9. The van der Waals surface area contributed by atoms with Crippen LogP contribution in [0.1, 0.15) is 43.1 Å². The Hall–Kier alpha value is -2.32. The van der Waals surface area contributed by atoms with Gasteiger partial charge in [0.2, 0.25) is 5.91 Å². The average molecular weight is 487 g/mol. The van der Waals surface area contributed by atoms with Gasteiger partial charge in [-0.2, -0.15) is 0 Å². The van der Waals surface area contributed by atoms with E-state index in [1.165, 1.54) is 0 Å². The molecule has 0 radical (unpaired) electrons. The number of hydrogen-bond acceptors (Lipinski definition) is 5. The molecule has 1 aromatic carbocycles. The van der Waals surface area contributed by atoms with Gasteiger partial charge >= 0.3 is 5.97 Å². The second kappa shape index (κ2) is 9.44. The first-order valence-electron chi connectivity index (χ1n) is 10.7. The number of hydrogen-bond donors (Lipinski definition) is 2. The van der Waals surface area contributed by atoms with Crippen molar-refractivity contribution in [2.75, 3.05) is 19.6 Å². The second-order valence-electron chi connectivity index (χ2n) is 8.44. The monoisotopic (exact) mass is 486 g/mol. The number of nitrogens with one attached hydrogen (secondary N) is 1. The predicted molar refractivity (Wildman–Crippen MR) is 121 cm³/mol. The third-order valence-electron chi connectivity index (χ3n) is 6.37. The third-order valence-corrected chi connectivity index (χ3v) is 7.06. The number of fused-ring (bicyclic) bond motifs is 3. The van der Waals surface area contributed by atoms with Crippen LogP contribution in [0.3, 0.4) is 0 Å². The molecule has 3 aliphatic heterocycles. The van der Waals surface area contributed by atoms with Gasteiger partial charge in [0.25, 0.3) is 0 Å². The molecule has 1 amide bonds. The lowest BCUT2D eigenvalue weighted by Crippen LogP contribution is -2.56. The lowest BCUT2D eigenvalue weighted by molar-refractivity contribution is -0.138. The molecule has 1 aromatic heterocycles. The summed E-state index contributed by atoms with van der Waals surface area (Å²) < 4.78 is 1.02. The number of carbonyl (C=O) groups is 2. The molecule has 0 aliphatic carbocycles. The number of aromatic nitrogens is 2. The van der Waals surface area contributed by atoms with Crippen LogP contribution >= 0.6 is 15.9 Å². The van der Waals surface area contributed by atoms with Crippen LogP contribution in [-0.4, -0.2) is 57.5 Å². The molecule has 5 rings (SSSR count). The fraction of sp³-hybridized carbons (Fsp3) is 0.478. The van der Waals surface area contributed by atoms with E-state index in [4.69, 9.17) is 10.1 Å². The van der Waals surface area contributed by atoms with E-state index in [-0.39, 0.29) is 18.7 Å². The zero-order valence-corrected chi connectivity index (χ0v) is 19.1. The Labute approximate surface area is 190 Å². The number of benzene rings is 1. The molecule has 0 saturated carbocycles. The van der Waals surface area contributed by atoms with Gasteiger partial charge in [-0.25, -0.2) is 9.97 Å². The van der Waals surface area contributed by atoms with Crippen molar-refractivity contribution in [2.24, 2.45) is 5.92 Å². The van der Waals surface area contributed by atoms with Crippen molar-refractivity contribution < 1.29 is 14.7 Å². The number of nitrogens with zero attached hydrogens (tertiary/aromatic N) is 3. The molecule has 2 bridgehead atoms. The van der Waals surface area contributed by atoms with Crippen molar-refractivity contribution in [1.29, 1.82) is 0 Å². The minimum atomic E-state index is -0.944. The molecule has 2 N–H and O–H groups in total. The highest BCUT2D eigenvalue weighted by Gasteiger charge is 2.41. The van der Waals surface area contributed by atoms with Crippen molar-refractivity contribution in [3.8, 4) is 11.3 Å². The van der Waals surface area contributed by atoms with Crippen molar-refractivity contribution in [3.05, 3.63) is 46.3 Å². The van der Waals surface area contributed by atoms with Gasteiger partial charge in [-0.15, -0.1) is 0 Å². The lowest BCUT2D eigenvalue weighted by atomic mass is 9.74. The van der Waals surface area contributed by atoms with Gasteiger partial charge in [-0.05, 0) is 44.4 Å². The van der Waals surface area contributed by atoms with Crippen LogP contribution in [0.4, 0.5) is 0 Å². The summed E-state index contributed by atoms with van der Waals surface area (Å²) in [4.78, 5) is 34.5. The topological polar surface area (TPSA) is 95.4 Å². The zero-order valence-electron chi connectivity index (χ0n) is 17.6. The average Bonchev–Trinajstić information content (AvgIpc) is 2.76. The predicted octanol–water partition coefficient (Wildman–Crippen LogP) is 3.37. The van der Waals surface area contributed by atoms with Crippen LogP contribution in [0.15, 0.2) is 34.8 Å². The van der Waals surface area contributed by atoms with Crippen LogP contribution < -0.4 is 5.32 Å². The van der Waals surface area contributed by atoms with Crippen LogP contribution in [-0.2, 0) is 9.59 Å². The second-order valence-corrected chi connectivity index (χ2v) is 9.30. The Morgan fingerprint density at radius 1 is 1.26 bits per heavy atom. The van der Waals surface area contributed by atoms with Crippen LogP contribution in [0.25, 0.3) is 11.3 Å². The SMILES string of the molecule is Cc1nc(-c2ccccc2Br)cc([C@@H]2CN3CC[C@H]2C[C@@H]3CNC(=O)CCC(=O)O)n1. The molecule has 164 valence electrons. The summed E-state index contributed by atoms with van der Waals surface area (Å²) in [5, 5.41) is 11.6. The number of halogens is 1. The zero-order chi connectivity index (χ0) is 22.0. The number of carboxylic acids is 1. The quantitative estimate of drug-likeness (QED) is 0.622. The highest BCUT2D eigenvalue weighted by Crippen LogP contribution is 2.42. The maximum absolute atomic E-state index is 11.9. The van der Waals surface area contributed by atoms with Gasteiger partial charge in [-0.3, -0.25) is 14.5 Å². The van der Waals surface area contributed by atoms with E-state index >= 15 is 0 Å². The minimum Gasteiger partial charge on any atom is -0.481 e. The Morgan fingerprint density at radius 3 is 2.77 bits per heavy atom. The first-order valence-corrected chi connectivity index (χ1v) is 11.5. The molecular weight excluding hydrogens is 460 g/mol. The summed E-state index contributed by atoms with van der Waals surface area (Å²) in [5.74, 6) is 0.525. The lowest BCUT2D eigenvalue weighted by Gasteiger charge is -2.49. The minimum absolute atomic E-state index is 0.0339. The molecule has 3 aliphatic rings. The molecule has 4 heterocycles. The fourth-order valence-corrected chi connectivity index (χ4v) is 5.30. The summed E-state index contributed by atoms with van der Waals surface area (Å²) in [6, 6.07) is 10.5. The number of amides is 1. The molecule has 31 heavy (non-hydrogen) atoms. The molecule has 3 fully saturated rings. The molecule has 7 nitrogen and oxygen atoms in total. The van der Waals surface area contributed by atoms with Crippen molar-refractivity contribution in [1.82, 2.24) is 20.2 Å². The highest BCUT2D eigenvalue weighted by atomic mass is 79.9. The Balaban J connectivity index is 1.44. The van der Waals surface area contributed by atoms with Gasteiger partial charge in [0.15, 0.2) is 0 Å². The van der Waals surface area contributed by atoms with Gasteiger partial charge in [0.05, 0.1) is 12.1 Å².